The first-order chi connectivity index (χ1) is 9.59. The van der Waals surface area contributed by atoms with Gasteiger partial charge in [-0.15, -0.1) is 0 Å². The first kappa shape index (κ1) is 12.9. The second-order valence-electron chi connectivity index (χ2n) is 4.91. The summed E-state index contributed by atoms with van der Waals surface area (Å²) in [7, 11) is 0. The fourth-order valence-electron chi connectivity index (χ4n) is 2.36. The number of hydrogen-bond acceptors (Lipinski definition) is 3. The van der Waals surface area contributed by atoms with Gasteiger partial charge in [0.1, 0.15) is 24.6 Å². The molecule has 1 heterocycles. The highest BCUT2D eigenvalue weighted by Crippen LogP contribution is 2.37. The number of halogens is 1. The highest BCUT2D eigenvalue weighted by atomic mass is 19.1. The Morgan fingerprint density at radius 2 is 1.75 bits per heavy atom. The van der Waals surface area contributed by atoms with E-state index in [-0.39, 0.29) is 5.56 Å². The summed E-state index contributed by atoms with van der Waals surface area (Å²) in [6.45, 7) is 2.55. The van der Waals surface area contributed by atoms with Crippen molar-refractivity contribution in [3.05, 3.63) is 59.4 Å². The number of rotatable bonds is 2. The number of hydrogen-bond donors (Lipinski definition) is 1. The Hall–Kier alpha value is -2.07. The lowest BCUT2D eigenvalue weighted by molar-refractivity contribution is 0.0967. The molecule has 2 aromatic rings. The first-order valence-corrected chi connectivity index (χ1v) is 6.46. The average molecular weight is 274 g/mol. The minimum atomic E-state index is -1.43. The number of fused-ring (bicyclic) bond motifs is 1. The van der Waals surface area contributed by atoms with Crippen molar-refractivity contribution >= 4 is 0 Å². The lowest BCUT2D eigenvalue weighted by Gasteiger charge is -2.27. The van der Waals surface area contributed by atoms with Gasteiger partial charge in [-0.25, -0.2) is 4.39 Å². The molecule has 0 saturated heterocycles. The van der Waals surface area contributed by atoms with Crippen LogP contribution in [0, 0.1) is 5.82 Å². The summed E-state index contributed by atoms with van der Waals surface area (Å²) in [6.07, 6.45) is 0. The lowest BCUT2D eigenvalue weighted by atomic mass is 9.87. The van der Waals surface area contributed by atoms with E-state index in [4.69, 9.17) is 9.47 Å². The molecule has 1 atom stereocenters. The first-order valence-electron chi connectivity index (χ1n) is 6.46. The Bertz CT molecular complexity index is 637. The molecule has 1 N–H and O–H groups in total. The number of ether oxygens (including phenoxy) is 2. The maximum absolute atomic E-state index is 13.9. The highest BCUT2D eigenvalue weighted by Gasteiger charge is 2.30. The fraction of sp³-hybridized carbons (Fsp3) is 0.250. The molecule has 2 aromatic carbocycles. The predicted octanol–water partition coefficient (Wildman–Crippen LogP) is 2.85. The zero-order chi connectivity index (χ0) is 14.2. The Labute approximate surface area is 116 Å². The molecule has 1 aliphatic heterocycles. The van der Waals surface area contributed by atoms with Crippen LogP contribution in [0.4, 0.5) is 4.39 Å². The molecule has 1 aliphatic rings. The van der Waals surface area contributed by atoms with Gasteiger partial charge in [-0.05, 0) is 30.7 Å². The van der Waals surface area contributed by atoms with E-state index in [9.17, 15) is 9.50 Å². The van der Waals surface area contributed by atoms with Crippen LogP contribution < -0.4 is 9.47 Å². The molecule has 0 fully saturated rings. The topological polar surface area (TPSA) is 38.7 Å². The molecule has 0 amide bonds. The standard InChI is InChI=1S/C16H15FO3/c1-16(18,12-4-2-3-5-13(12)17)11-6-7-14-15(10-11)20-9-8-19-14/h2-7,10,18H,8-9H2,1H3. The van der Waals surface area contributed by atoms with E-state index < -0.39 is 11.4 Å². The quantitative estimate of drug-likeness (QED) is 0.915. The van der Waals surface area contributed by atoms with Crippen LogP contribution in [0.25, 0.3) is 0 Å². The third-order valence-electron chi connectivity index (χ3n) is 3.50. The van der Waals surface area contributed by atoms with Crippen molar-refractivity contribution in [2.24, 2.45) is 0 Å². The number of benzene rings is 2. The Morgan fingerprint density at radius 3 is 2.50 bits per heavy atom. The van der Waals surface area contributed by atoms with Gasteiger partial charge in [0.15, 0.2) is 11.5 Å². The van der Waals surface area contributed by atoms with Gasteiger partial charge in [0, 0.05) is 5.56 Å². The molecule has 0 saturated carbocycles. The maximum atomic E-state index is 13.9. The molecule has 0 spiro atoms. The summed E-state index contributed by atoms with van der Waals surface area (Å²) >= 11 is 0. The van der Waals surface area contributed by atoms with Crippen LogP contribution in [0.5, 0.6) is 11.5 Å². The van der Waals surface area contributed by atoms with Crippen LogP contribution in [0.3, 0.4) is 0 Å². The second kappa shape index (κ2) is 4.80. The zero-order valence-electron chi connectivity index (χ0n) is 11.1. The van der Waals surface area contributed by atoms with Gasteiger partial charge in [-0.2, -0.15) is 0 Å². The van der Waals surface area contributed by atoms with Crippen molar-refractivity contribution in [3.63, 3.8) is 0 Å². The average Bonchev–Trinajstić information content (AvgIpc) is 2.47. The summed E-state index contributed by atoms with van der Waals surface area (Å²) < 4.78 is 24.8. The van der Waals surface area contributed by atoms with Crippen LogP contribution in [0.1, 0.15) is 18.1 Å². The molecule has 0 aliphatic carbocycles. The minimum absolute atomic E-state index is 0.233. The Kier molecular flexibility index (Phi) is 3.10. The van der Waals surface area contributed by atoms with Gasteiger partial charge >= 0.3 is 0 Å². The normalized spacial score (nSPS) is 16.6. The van der Waals surface area contributed by atoms with Crippen LogP contribution in [-0.2, 0) is 5.60 Å². The van der Waals surface area contributed by atoms with E-state index in [0.717, 1.165) is 0 Å². The molecule has 1 unspecified atom stereocenters. The van der Waals surface area contributed by atoms with Gasteiger partial charge in [0.25, 0.3) is 0 Å². The summed E-state index contributed by atoms with van der Waals surface area (Å²) in [5, 5.41) is 10.7. The van der Waals surface area contributed by atoms with Crippen molar-refractivity contribution in [3.8, 4) is 11.5 Å². The highest BCUT2D eigenvalue weighted by molar-refractivity contribution is 5.47. The molecule has 0 aromatic heterocycles. The van der Waals surface area contributed by atoms with Crippen molar-refractivity contribution in [2.45, 2.75) is 12.5 Å². The third-order valence-corrected chi connectivity index (χ3v) is 3.50. The molecular formula is C16H15FO3. The molecular weight excluding hydrogens is 259 g/mol. The van der Waals surface area contributed by atoms with Crippen molar-refractivity contribution in [1.82, 2.24) is 0 Å². The molecule has 0 radical (unpaired) electrons. The predicted molar refractivity (Wildman–Crippen MR) is 72.5 cm³/mol. The fourth-order valence-corrected chi connectivity index (χ4v) is 2.36. The van der Waals surface area contributed by atoms with Crippen LogP contribution >= 0.6 is 0 Å². The zero-order valence-corrected chi connectivity index (χ0v) is 11.1. The van der Waals surface area contributed by atoms with Crippen LogP contribution in [0.2, 0.25) is 0 Å². The largest absolute Gasteiger partial charge is 0.486 e. The van der Waals surface area contributed by atoms with Crippen molar-refractivity contribution in [2.75, 3.05) is 13.2 Å². The second-order valence-corrected chi connectivity index (χ2v) is 4.91. The summed E-state index contributed by atoms with van der Waals surface area (Å²) in [4.78, 5) is 0. The summed E-state index contributed by atoms with van der Waals surface area (Å²) in [5.74, 6) is 0.780. The van der Waals surface area contributed by atoms with Crippen LogP contribution in [-0.4, -0.2) is 18.3 Å². The number of aliphatic hydroxyl groups is 1. The van der Waals surface area contributed by atoms with Gasteiger partial charge in [0.05, 0.1) is 0 Å². The van der Waals surface area contributed by atoms with Gasteiger partial charge in [-0.1, -0.05) is 24.3 Å². The molecule has 3 nitrogen and oxygen atoms in total. The SMILES string of the molecule is CC(O)(c1ccc2c(c1)OCCO2)c1ccccc1F. The van der Waals surface area contributed by atoms with E-state index >= 15 is 0 Å². The lowest BCUT2D eigenvalue weighted by Crippen LogP contribution is -2.25. The molecule has 0 bridgehead atoms. The van der Waals surface area contributed by atoms with Crippen molar-refractivity contribution in [1.29, 1.82) is 0 Å². The van der Waals surface area contributed by atoms with Crippen LogP contribution in [0.15, 0.2) is 42.5 Å². The Balaban J connectivity index is 2.05. The molecule has 3 rings (SSSR count). The summed E-state index contributed by atoms with van der Waals surface area (Å²) in [6, 6.07) is 11.4. The van der Waals surface area contributed by atoms with E-state index in [1.807, 2.05) is 0 Å². The van der Waals surface area contributed by atoms with E-state index in [1.165, 1.54) is 6.07 Å². The molecule has 20 heavy (non-hydrogen) atoms. The smallest absolute Gasteiger partial charge is 0.161 e. The van der Waals surface area contributed by atoms with E-state index in [1.54, 1.807) is 43.3 Å². The minimum Gasteiger partial charge on any atom is -0.486 e. The monoisotopic (exact) mass is 274 g/mol. The van der Waals surface area contributed by atoms with Gasteiger partial charge in [-0.3, -0.25) is 0 Å². The molecule has 104 valence electrons. The summed E-state index contributed by atoms with van der Waals surface area (Å²) in [5.41, 5.74) is -0.634. The van der Waals surface area contributed by atoms with Gasteiger partial charge < -0.3 is 14.6 Å². The van der Waals surface area contributed by atoms with E-state index in [0.29, 0.717) is 30.3 Å². The van der Waals surface area contributed by atoms with Crippen molar-refractivity contribution < 1.29 is 19.0 Å². The maximum Gasteiger partial charge on any atom is 0.161 e. The molecule has 4 heteroatoms. The van der Waals surface area contributed by atoms with E-state index in [2.05, 4.69) is 0 Å². The van der Waals surface area contributed by atoms with Gasteiger partial charge in [0.2, 0.25) is 0 Å². The Morgan fingerprint density at radius 1 is 1.05 bits per heavy atom. The third kappa shape index (κ3) is 2.12.